The van der Waals surface area contributed by atoms with Crippen molar-refractivity contribution in [2.24, 2.45) is 21.5 Å². The second kappa shape index (κ2) is 6.87. The van der Waals surface area contributed by atoms with Crippen LogP contribution in [0.2, 0.25) is 0 Å². The van der Waals surface area contributed by atoms with E-state index in [9.17, 15) is 4.79 Å². The highest BCUT2D eigenvalue weighted by Gasteiger charge is 2.42. The van der Waals surface area contributed by atoms with Gasteiger partial charge in [-0.2, -0.15) is 4.99 Å². The van der Waals surface area contributed by atoms with Gasteiger partial charge < -0.3 is 11.5 Å². The standard InChI is InChI=1S/C21H23N5O/c22-19-24-20(23)26(21(25-19)12-5-2-6-13-21)17-11-7-10-16(14-17)18(27)15-8-3-1-4-9-15/h1,3-4,7-11,14H,2,5-6,12-13H2,(H4,22,23,24,25). The number of benzene rings is 2. The first-order chi connectivity index (χ1) is 13.1. The first-order valence-corrected chi connectivity index (χ1v) is 9.29. The zero-order valence-electron chi connectivity index (χ0n) is 15.1. The fourth-order valence-corrected chi connectivity index (χ4v) is 4.04. The molecular weight excluding hydrogens is 338 g/mol. The minimum atomic E-state index is -0.511. The molecule has 0 aromatic heterocycles. The largest absolute Gasteiger partial charge is 0.369 e. The molecule has 138 valence electrons. The first kappa shape index (κ1) is 17.3. The minimum absolute atomic E-state index is 0.0225. The number of hydrogen-bond acceptors (Lipinski definition) is 6. The van der Waals surface area contributed by atoms with Gasteiger partial charge in [-0.15, -0.1) is 0 Å². The lowest BCUT2D eigenvalue weighted by Crippen LogP contribution is -2.58. The molecule has 0 saturated heterocycles. The molecule has 2 aromatic carbocycles. The van der Waals surface area contributed by atoms with Gasteiger partial charge in [0.05, 0.1) is 0 Å². The van der Waals surface area contributed by atoms with E-state index >= 15 is 0 Å². The van der Waals surface area contributed by atoms with Crippen molar-refractivity contribution >= 4 is 23.4 Å². The number of rotatable bonds is 3. The summed E-state index contributed by atoms with van der Waals surface area (Å²) < 4.78 is 0. The van der Waals surface area contributed by atoms with E-state index in [0.717, 1.165) is 31.4 Å². The van der Waals surface area contributed by atoms with Crippen molar-refractivity contribution in [3.8, 4) is 0 Å². The van der Waals surface area contributed by atoms with Crippen LogP contribution in [0.3, 0.4) is 0 Å². The SMILES string of the molecule is NC1=NC2(CCCCC2)N(c2cccc(C(=O)c3ccccc3)c2)C(N)=N1. The Morgan fingerprint density at radius 1 is 0.926 bits per heavy atom. The van der Waals surface area contributed by atoms with Crippen LogP contribution in [0.1, 0.15) is 48.0 Å². The second-order valence-corrected chi connectivity index (χ2v) is 7.06. The fourth-order valence-electron chi connectivity index (χ4n) is 4.04. The third kappa shape index (κ3) is 3.18. The molecule has 1 spiro atoms. The number of carbonyl (C=O) groups is 1. The van der Waals surface area contributed by atoms with Gasteiger partial charge >= 0.3 is 0 Å². The monoisotopic (exact) mass is 361 g/mol. The van der Waals surface area contributed by atoms with Crippen molar-refractivity contribution in [1.29, 1.82) is 0 Å². The van der Waals surface area contributed by atoms with Gasteiger partial charge in [-0.25, -0.2) is 4.99 Å². The Balaban J connectivity index is 1.74. The molecule has 0 radical (unpaired) electrons. The summed E-state index contributed by atoms with van der Waals surface area (Å²) in [6.07, 6.45) is 5.02. The zero-order chi connectivity index (χ0) is 18.9. The van der Waals surface area contributed by atoms with E-state index in [1.807, 2.05) is 59.5 Å². The van der Waals surface area contributed by atoms with Crippen molar-refractivity contribution < 1.29 is 4.79 Å². The minimum Gasteiger partial charge on any atom is -0.369 e. The number of anilines is 1. The molecule has 0 amide bonds. The van der Waals surface area contributed by atoms with E-state index in [0.29, 0.717) is 17.1 Å². The molecule has 2 aromatic rings. The van der Waals surface area contributed by atoms with E-state index in [1.165, 1.54) is 6.42 Å². The third-order valence-corrected chi connectivity index (χ3v) is 5.25. The summed E-state index contributed by atoms with van der Waals surface area (Å²) in [7, 11) is 0. The van der Waals surface area contributed by atoms with Crippen LogP contribution in [0.5, 0.6) is 0 Å². The topological polar surface area (TPSA) is 97.1 Å². The van der Waals surface area contributed by atoms with Gasteiger partial charge in [-0.1, -0.05) is 48.9 Å². The Kier molecular flexibility index (Phi) is 4.39. The van der Waals surface area contributed by atoms with Gasteiger partial charge in [-0.05, 0) is 37.8 Å². The fraction of sp³-hybridized carbons (Fsp3) is 0.286. The molecule has 4 N–H and O–H groups in total. The number of nitrogens with two attached hydrogens (primary N) is 2. The average molecular weight is 361 g/mol. The summed E-state index contributed by atoms with van der Waals surface area (Å²) in [5.74, 6) is 0.529. The average Bonchev–Trinajstić information content (AvgIpc) is 2.68. The van der Waals surface area contributed by atoms with Crippen molar-refractivity contribution in [3.63, 3.8) is 0 Å². The highest BCUT2D eigenvalue weighted by Crippen LogP contribution is 2.39. The van der Waals surface area contributed by atoms with Gasteiger partial charge in [0.2, 0.25) is 11.9 Å². The number of ketones is 1. The van der Waals surface area contributed by atoms with Crippen LogP contribution in [0, 0.1) is 0 Å². The Morgan fingerprint density at radius 2 is 1.63 bits per heavy atom. The summed E-state index contributed by atoms with van der Waals surface area (Å²) in [5.41, 5.74) is 13.8. The highest BCUT2D eigenvalue weighted by atomic mass is 16.1. The molecule has 1 fully saturated rings. The van der Waals surface area contributed by atoms with Gasteiger partial charge in [0.25, 0.3) is 0 Å². The predicted octanol–water partition coefficient (Wildman–Crippen LogP) is 3.03. The Hall–Kier alpha value is -3.15. The molecule has 2 aliphatic rings. The van der Waals surface area contributed by atoms with Crippen LogP contribution < -0.4 is 16.4 Å². The Labute approximate surface area is 158 Å². The molecule has 0 atom stereocenters. The van der Waals surface area contributed by atoms with Crippen LogP contribution in [-0.4, -0.2) is 23.4 Å². The van der Waals surface area contributed by atoms with Crippen molar-refractivity contribution in [1.82, 2.24) is 0 Å². The molecule has 1 aliphatic carbocycles. The Bertz CT molecular complexity index is 913. The Morgan fingerprint density at radius 3 is 2.37 bits per heavy atom. The molecule has 6 nitrogen and oxygen atoms in total. The zero-order valence-corrected chi connectivity index (χ0v) is 15.1. The molecule has 0 bridgehead atoms. The summed E-state index contributed by atoms with van der Waals surface area (Å²) >= 11 is 0. The summed E-state index contributed by atoms with van der Waals surface area (Å²) in [4.78, 5) is 23.7. The highest BCUT2D eigenvalue weighted by molar-refractivity contribution is 6.10. The normalized spacial score (nSPS) is 18.7. The third-order valence-electron chi connectivity index (χ3n) is 5.25. The number of carbonyl (C=O) groups excluding carboxylic acids is 1. The van der Waals surface area contributed by atoms with Crippen LogP contribution in [-0.2, 0) is 0 Å². The van der Waals surface area contributed by atoms with E-state index in [4.69, 9.17) is 11.5 Å². The van der Waals surface area contributed by atoms with Gasteiger partial charge in [0, 0.05) is 16.8 Å². The summed E-state index contributed by atoms with van der Waals surface area (Å²) in [6, 6.07) is 16.8. The van der Waals surface area contributed by atoms with Gasteiger partial charge in [0.1, 0.15) is 5.66 Å². The number of guanidine groups is 2. The van der Waals surface area contributed by atoms with E-state index in [2.05, 4.69) is 9.98 Å². The molecule has 4 rings (SSSR count). The lowest BCUT2D eigenvalue weighted by Gasteiger charge is -2.45. The second-order valence-electron chi connectivity index (χ2n) is 7.06. The predicted molar refractivity (Wildman–Crippen MR) is 108 cm³/mol. The van der Waals surface area contributed by atoms with Crippen molar-refractivity contribution in [2.75, 3.05) is 4.90 Å². The van der Waals surface area contributed by atoms with Crippen LogP contribution >= 0.6 is 0 Å². The van der Waals surface area contributed by atoms with Crippen LogP contribution in [0.4, 0.5) is 5.69 Å². The smallest absolute Gasteiger partial charge is 0.220 e. The molecule has 1 heterocycles. The molecule has 1 saturated carbocycles. The molecule has 1 aliphatic heterocycles. The summed E-state index contributed by atoms with van der Waals surface area (Å²) in [5, 5.41) is 0. The van der Waals surface area contributed by atoms with E-state index < -0.39 is 5.66 Å². The number of hydrogen-bond donors (Lipinski definition) is 2. The number of aliphatic imine (C=N–C) groups is 2. The molecule has 6 heteroatoms. The van der Waals surface area contributed by atoms with Gasteiger partial charge in [-0.3, -0.25) is 9.69 Å². The number of nitrogens with zero attached hydrogens (tertiary/aromatic N) is 3. The maximum Gasteiger partial charge on any atom is 0.220 e. The van der Waals surface area contributed by atoms with E-state index in [1.54, 1.807) is 0 Å². The maximum absolute atomic E-state index is 12.9. The van der Waals surface area contributed by atoms with Crippen LogP contribution in [0.25, 0.3) is 0 Å². The molecular formula is C21H23N5O. The summed E-state index contributed by atoms with van der Waals surface area (Å²) in [6.45, 7) is 0. The lowest BCUT2D eigenvalue weighted by molar-refractivity contribution is 0.103. The van der Waals surface area contributed by atoms with Crippen LogP contribution in [0.15, 0.2) is 64.6 Å². The van der Waals surface area contributed by atoms with Gasteiger partial charge in [0.15, 0.2) is 5.78 Å². The molecule has 0 unspecified atom stereocenters. The van der Waals surface area contributed by atoms with Crippen molar-refractivity contribution in [2.45, 2.75) is 37.8 Å². The lowest BCUT2D eigenvalue weighted by atomic mass is 9.87. The quantitative estimate of drug-likeness (QED) is 0.821. The first-order valence-electron chi connectivity index (χ1n) is 9.29. The van der Waals surface area contributed by atoms with Crippen molar-refractivity contribution in [3.05, 3.63) is 65.7 Å². The molecule has 27 heavy (non-hydrogen) atoms. The maximum atomic E-state index is 12.9. The van der Waals surface area contributed by atoms with E-state index in [-0.39, 0.29) is 11.7 Å².